The van der Waals surface area contributed by atoms with E-state index >= 15 is 0 Å². The van der Waals surface area contributed by atoms with Gasteiger partial charge in [0.2, 0.25) is 0 Å². The summed E-state index contributed by atoms with van der Waals surface area (Å²) in [6.07, 6.45) is 0. The summed E-state index contributed by atoms with van der Waals surface area (Å²) in [5, 5.41) is 1.52. The van der Waals surface area contributed by atoms with Crippen LogP contribution in [-0.2, 0) is 0 Å². The van der Waals surface area contributed by atoms with Crippen molar-refractivity contribution in [2.75, 3.05) is 7.11 Å². The van der Waals surface area contributed by atoms with Gasteiger partial charge >= 0.3 is 0 Å². The van der Waals surface area contributed by atoms with Crippen LogP contribution in [-0.4, -0.2) is 16.6 Å². The van der Waals surface area contributed by atoms with E-state index in [0.29, 0.717) is 5.54 Å². The van der Waals surface area contributed by atoms with Gasteiger partial charge in [-0.2, -0.15) is 0 Å². The second-order valence-electron chi connectivity index (χ2n) is 4.36. The van der Waals surface area contributed by atoms with Crippen molar-refractivity contribution < 1.29 is 4.74 Å². The quantitative estimate of drug-likeness (QED) is 0.747. The van der Waals surface area contributed by atoms with Crippen molar-refractivity contribution >= 4 is 14.7 Å². The molecule has 0 amide bonds. The van der Waals surface area contributed by atoms with Gasteiger partial charge in [0.05, 0.1) is 16.6 Å². The molecule has 0 spiro atoms. The Bertz CT molecular complexity index is 450. The van der Waals surface area contributed by atoms with Gasteiger partial charge in [0, 0.05) is 0 Å². The molecule has 0 aromatic heterocycles. The van der Waals surface area contributed by atoms with Crippen LogP contribution in [0.15, 0.2) is 54.6 Å². The number of methoxy groups -OCH3 is 1. The molecule has 0 fully saturated rings. The molecule has 1 nitrogen and oxygen atoms in total. The molecule has 0 bridgehead atoms. The van der Waals surface area contributed by atoms with Gasteiger partial charge in [-0.1, -0.05) is 54.6 Å². The van der Waals surface area contributed by atoms with Crippen molar-refractivity contribution in [1.82, 2.24) is 0 Å². The number of hydrogen-bond donors (Lipinski definition) is 0. The molecule has 0 aliphatic heterocycles. The molecule has 88 valence electrons. The van der Waals surface area contributed by atoms with Crippen molar-refractivity contribution in [2.45, 2.75) is 12.5 Å². The average Bonchev–Trinajstić information content (AvgIpc) is 2.40. The zero-order chi connectivity index (χ0) is 12.1. The molecular weight excluding hydrogens is 224 g/mol. The highest BCUT2D eigenvalue weighted by molar-refractivity contribution is 6.54. The van der Waals surface area contributed by atoms with E-state index in [1.54, 1.807) is 7.11 Å². The smallest absolute Gasteiger partial charge is 0.118 e. The van der Waals surface area contributed by atoms with E-state index in [1.165, 1.54) is 10.8 Å². The Morgan fingerprint density at radius 3 is 2.18 bits per heavy atom. The minimum absolute atomic E-state index is 0.245. The molecule has 17 heavy (non-hydrogen) atoms. The summed E-state index contributed by atoms with van der Waals surface area (Å²) >= 11 is 0. The number of ether oxygens (including phenoxy) is 1. The van der Waals surface area contributed by atoms with Crippen LogP contribution in [0, 0.1) is 0 Å². The van der Waals surface area contributed by atoms with E-state index < -0.39 is 0 Å². The predicted molar refractivity (Wildman–Crippen MR) is 76.0 cm³/mol. The summed E-state index contributed by atoms with van der Waals surface area (Å²) in [5.41, 5.74) is 2.09. The van der Waals surface area contributed by atoms with E-state index in [0.717, 1.165) is 5.75 Å². The lowest BCUT2D eigenvalue weighted by Crippen LogP contribution is -2.19. The predicted octanol–water partition coefficient (Wildman–Crippen LogP) is 2.25. The summed E-state index contributed by atoms with van der Waals surface area (Å²) in [6, 6.07) is 19.3. The SMILES string of the molecule is COc1ccc(C(C)[SiH2]c2ccccc2)cc1. The first-order valence-electron chi connectivity index (χ1n) is 5.97. The van der Waals surface area contributed by atoms with Crippen molar-refractivity contribution in [3.63, 3.8) is 0 Å². The molecule has 0 N–H and O–H groups in total. The molecule has 2 heteroatoms. The highest BCUT2D eigenvalue weighted by Crippen LogP contribution is 2.18. The van der Waals surface area contributed by atoms with E-state index in [-0.39, 0.29) is 9.52 Å². The molecule has 0 heterocycles. The van der Waals surface area contributed by atoms with Gasteiger partial charge in [-0.15, -0.1) is 0 Å². The Labute approximate surface area is 105 Å². The summed E-state index contributed by atoms with van der Waals surface area (Å²) in [7, 11) is 1.46. The van der Waals surface area contributed by atoms with E-state index in [4.69, 9.17) is 4.74 Å². The van der Waals surface area contributed by atoms with Crippen LogP contribution in [0.5, 0.6) is 5.75 Å². The molecule has 2 rings (SSSR count). The van der Waals surface area contributed by atoms with E-state index in [1.807, 2.05) is 12.1 Å². The highest BCUT2D eigenvalue weighted by Gasteiger charge is 2.07. The fraction of sp³-hybridized carbons (Fsp3) is 0.200. The van der Waals surface area contributed by atoms with E-state index in [9.17, 15) is 0 Å². The van der Waals surface area contributed by atoms with Crippen LogP contribution in [0.1, 0.15) is 18.0 Å². The third-order valence-corrected chi connectivity index (χ3v) is 5.10. The molecule has 0 aliphatic rings. The largest absolute Gasteiger partial charge is 0.497 e. The maximum absolute atomic E-state index is 5.18. The maximum Gasteiger partial charge on any atom is 0.118 e. The van der Waals surface area contributed by atoms with E-state index in [2.05, 4.69) is 49.4 Å². The summed E-state index contributed by atoms with van der Waals surface area (Å²) in [6.45, 7) is 2.32. The van der Waals surface area contributed by atoms with Crippen LogP contribution in [0.2, 0.25) is 0 Å². The van der Waals surface area contributed by atoms with Crippen LogP contribution in [0.4, 0.5) is 0 Å². The van der Waals surface area contributed by atoms with Crippen LogP contribution < -0.4 is 9.92 Å². The van der Waals surface area contributed by atoms with Gasteiger partial charge in [-0.25, -0.2) is 0 Å². The van der Waals surface area contributed by atoms with Gasteiger partial charge < -0.3 is 4.74 Å². The molecular formula is C15H18OSi. The third-order valence-electron chi connectivity index (χ3n) is 3.07. The molecule has 2 aromatic carbocycles. The van der Waals surface area contributed by atoms with Gasteiger partial charge in [0.1, 0.15) is 5.75 Å². The lowest BCUT2D eigenvalue weighted by molar-refractivity contribution is 0.414. The lowest BCUT2D eigenvalue weighted by atomic mass is 10.1. The van der Waals surface area contributed by atoms with Gasteiger partial charge in [0.25, 0.3) is 0 Å². The number of benzene rings is 2. The Hall–Kier alpha value is -1.54. The Balaban J connectivity index is 2.06. The number of rotatable bonds is 4. The van der Waals surface area contributed by atoms with Crippen LogP contribution in [0.3, 0.4) is 0 Å². The molecule has 0 aliphatic carbocycles. The summed E-state index contributed by atoms with van der Waals surface area (Å²) < 4.78 is 5.18. The minimum Gasteiger partial charge on any atom is -0.497 e. The molecule has 0 saturated heterocycles. The van der Waals surface area contributed by atoms with Gasteiger partial charge in [-0.3, -0.25) is 0 Å². The fourth-order valence-electron chi connectivity index (χ4n) is 2.02. The maximum atomic E-state index is 5.18. The molecule has 0 saturated carbocycles. The first kappa shape index (κ1) is 11.9. The zero-order valence-corrected chi connectivity index (χ0v) is 11.8. The van der Waals surface area contributed by atoms with Crippen molar-refractivity contribution in [3.05, 3.63) is 60.2 Å². The third kappa shape index (κ3) is 3.20. The number of hydrogen-bond acceptors (Lipinski definition) is 1. The Morgan fingerprint density at radius 2 is 1.59 bits per heavy atom. The molecule has 1 atom stereocenters. The van der Waals surface area contributed by atoms with Crippen molar-refractivity contribution in [1.29, 1.82) is 0 Å². The summed E-state index contributed by atoms with van der Waals surface area (Å²) in [4.78, 5) is 0. The normalized spacial score (nSPS) is 12.8. The Morgan fingerprint density at radius 1 is 0.941 bits per heavy atom. The first-order valence-corrected chi connectivity index (χ1v) is 7.50. The van der Waals surface area contributed by atoms with Crippen LogP contribution >= 0.6 is 0 Å². The first-order chi connectivity index (χ1) is 8.29. The van der Waals surface area contributed by atoms with Gasteiger partial charge in [-0.05, 0) is 23.2 Å². The zero-order valence-electron chi connectivity index (χ0n) is 10.4. The second kappa shape index (κ2) is 5.69. The average molecular weight is 242 g/mol. The van der Waals surface area contributed by atoms with Crippen molar-refractivity contribution in [2.24, 2.45) is 0 Å². The molecule has 0 radical (unpaired) electrons. The standard InChI is InChI=1S/C15H18OSi/c1-12(17-15-6-4-3-5-7-15)13-8-10-14(16-2)11-9-13/h3-12H,17H2,1-2H3. The molecule has 1 unspecified atom stereocenters. The minimum atomic E-state index is -0.245. The fourth-order valence-corrected chi connectivity index (χ4v) is 3.78. The Kier molecular flexibility index (Phi) is 3.99. The molecule has 2 aromatic rings. The highest BCUT2D eigenvalue weighted by atomic mass is 28.2. The topological polar surface area (TPSA) is 9.23 Å². The van der Waals surface area contributed by atoms with Gasteiger partial charge in [0.15, 0.2) is 0 Å². The monoisotopic (exact) mass is 242 g/mol. The lowest BCUT2D eigenvalue weighted by Gasteiger charge is -2.11. The second-order valence-corrected chi connectivity index (χ2v) is 6.81. The van der Waals surface area contributed by atoms with Crippen molar-refractivity contribution in [3.8, 4) is 5.75 Å². The summed E-state index contributed by atoms with van der Waals surface area (Å²) in [5.74, 6) is 0.933. The van der Waals surface area contributed by atoms with Crippen LogP contribution in [0.25, 0.3) is 0 Å².